The molecule has 0 saturated carbocycles. The van der Waals surface area contributed by atoms with E-state index in [2.05, 4.69) is 27.6 Å². The van der Waals surface area contributed by atoms with Crippen LogP contribution in [0.4, 0.5) is 11.6 Å². The summed E-state index contributed by atoms with van der Waals surface area (Å²) in [6.45, 7) is 2.16. The maximum absolute atomic E-state index is 6.16. The van der Waals surface area contributed by atoms with Gasteiger partial charge in [-0.05, 0) is 32.5 Å². The molecular weight excluding hydrogens is 271 g/mol. The summed E-state index contributed by atoms with van der Waals surface area (Å²) >= 11 is 12.2. The van der Waals surface area contributed by atoms with Gasteiger partial charge in [-0.3, -0.25) is 0 Å². The van der Waals surface area contributed by atoms with Crippen molar-refractivity contribution >= 4 is 34.8 Å². The largest absolute Gasteiger partial charge is 0.372 e. The van der Waals surface area contributed by atoms with Gasteiger partial charge in [0.05, 0.1) is 10.0 Å². The number of halogens is 2. The standard InChI is InChI=1S/C12H18Cl2N4/c1-15-11-9(13)6-10(14)12(17-11)16-8-4-3-5-18(2)7-8/h6,8H,3-5,7H2,1-2H3,(H2,15,16,17). The summed E-state index contributed by atoms with van der Waals surface area (Å²) in [7, 11) is 3.92. The summed E-state index contributed by atoms with van der Waals surface area (Å²) in [6.07, 6.45) is 2.33. The Morgan fingerprint density at radius 2 is 2.06 bits per heavy atom. The van der Waals surface area contributed by atoms with Crippen LogP contribution in [0.5, 0.6) is 0 Å². The van der Waals surface area contributed by atoms with Crippen LogP contribution >= 0.6 is 23.2 Å². The van der Waals surface area contributed by atoms with Crippen LogP contribution in [0.2, 0.25) is 10.0 Å². The number of piperidine rings is 1. The van der Waals surface area contributed by atoms with Crippen molar-refractivity contribution in [3.8, 4) is 0 Å². The fraction of sp³-hybridized carbons (Fsp3) is 0.583. The van der Waals surface area contributed by atoms with Crippen LogP contribution in [0.25, 0.3) is 0 Å². The third kappa shape index (κ3) is 3.19. The van der Waals surface area contributed by atoms with E-state index < -0.39 is 0 Å². The summed E-state index contributed by atoms with van der Waals surface area (Å²) in [6, 6.07) is 2.11. The quantitative estimate of drug-likeness (QED) is 0.897. The van der Waals surface area contributed by atoms with Crippen LogP contribution in [0.3, 0.4) is 0 Å². The molecule has 4 nitrogen and oxygen atoms in total. The number of likely N-dealkylation sites (tertiary alicyclic amines) is 1. The first-order chi connectivity index (χ1) is 8.60. The van der Waals surface area contributed by atoms with Gasteiger partial charge in [-0.1, -0.05) is 23.2 Å². The molecule has 0 aliphatic carbocycles. The van der Waals surface area contributed by atoms with Gasteiger partial charge in [-0.2, -0.15) is 0 Å². The molecule has 1 atom stereocenters. The average molecular weight is 289 g/mol. The van der Waals surface area contributed by atoms with Crippen LogP contribution in [0.1, 0.15) is 12.8 Å². The van der Waals surface area contributed by atoms with E-state index >= 15 is 0 Å². The smallest absolute Gasteiger partial charge is 0.147 e. The first kappa shape index (κ1) is 13.7. The first-order valence-electron chi connectivity index (χ1n) is 6.09. The summed E-state index contributed by atoms with van der Waals surface area (Å²) in [4.78, 5) is 6.71. The third-order valence-electron chi connectivity index (χ3n) is 3.13. The van der Waals surface area contributed by atoms with Gasteiger partial charge in [-0.15, -0.1) is 0 Å². The molecule has 0 aromatic carbocycles. The van der Waals surface area contributed by atoms with Crippen LogP contribution in [0.15, 0.2) is 6.07 Å². The zero-order valence-corrected chi connectivity index (χ0v) is 12.1. The lowest BCUT2D eigenvalue weighted by molar-refractivity contribution is 0.261. The minimum atomic E-state index is 0.389. The van der Waals surface area contributed by atoms with E-state index in [9.17, 15) is 0 Å². The van der Waals surface area contributed by atoms with Crippen molar-refractivity contribution in [1.29, 1.82) is 0 Å². The summed E-state index contributed by atoms with van der Waals surface area (Å²) in [5.74, 6) is 1.35. The number of likely N-dealkylation sites (N-methyl/N-ethyl adjacent to an activating group) is 1. The highest BCUT2D eigenvalue weighted by Gasteiger charge is 2.19. The van der Waals surface area contributed by atoms with Crippen molar-refractivity contribution in [3.63, 3.8) is 0 Å². The van der Waals surface area contributed by atoms with Crippen LogP contribution < -0.4 is 10.6 Å². The van der Waals surface area contributed by atoms with Crippen molar-refractivity contribution in [2.75, 3.05) is 37.8 Å². The van der Waals surface area contributed by atoms with Crippen molar-refractivity contribution < 1.29 is 0 Å². The summed E-state index contributed by atoms with van der Waals surface area (Å²) in [5.41, 5.74) is 0. The van der Waals surface area contributed by atoms with E-state index in [4.69, 9.17) is 23.2 Å². The van der Waals surface area contributed by atoms with E-state index in [-0.39, 0.29) is 0 Å². The Morgan fingerprint density at radius 1 is 1.33 bits per heavy atom. The fourth-order valence-corrected chi connectivity index (χ4v) is 2.73. The van der Waals surface area contributed by atoms with Crippen LogP contribution in [0, 0.1) is 0 Å². The maximum Gasteiger partial charge on any atom is 0.147 e. The molecule has 2 rings (SSSR count). The van der Waals surface area contributed by atoms with E-state index in [1.54, 1.807) is 13.1 Å². The minimum Gasteiger partial charge on any atom is -0.372 e. The zero-order valence-electron chi connectivity index (χ0n) is 10.6. The summed E-state index contributed by atoms with van der Waals surface area (Å²) < 4.78 is 0. The molecule has 1 saturated heterocycles. The highest BCUT2D eigenvalue weighted by Crippen LogP contribution is 2.29. The number of hydrogen-bond acceptors (Lipinski definition) is 4. The lowest BCUT2D eigenvalue weighted by Crippen LogP contribution is -2.40. The predicted molar refractivity (Wildman–Crippen MR) is 77.9 cm³/mol. The lowest BCUT2D eigenvalue weighted by Gasteiger charge is -2.30. The van der Waals surface area contributed by atoms with Gasteiger partial charge in [0.15, 0.2) is 0 Å². The molecule has 1 aliphatic rings. The minimum absolute atomic E-state index is 0.389. The Bertz CT molecular complexity index is 425. The SMILES string of the molecule is CNc1nc(NC2CCCN(C)C2)c(Cl)cc1Cl. The number of rotatable bonds is 3. The van der Waals surface area contributed by atoms with Crippen LogP contribution in [-0.2, 0) is 0 Å². The number of nitrogens with one attached hydrogen (secondary N) is 2. The number of aromatic nitrogens is 1. The van der Waals surface area contributed by atoms with E-state index in [0.29, 0.717) is 27.7 Å². The predicted octanol–water partition coefficient (Wildman–Crippen LogP) is 2.94. The van der Waals surface area contributed by atoms with Gasteiger partial charge in [-0.25, -0.2) is 4.98 Å². The fourth-order valence-electron chi connectivity index (χ4n) is 2.22. The topological polar surface area (TPSA) is 40.2 Å². The lowest BCUT2D eigenvalue weighted by atomic mass is 10.1. The second kappa shape index (κ2) is 5.95. The van der Waals surface area contributed by atoms with Crippen LogP contribution in [-0.4, -0.2) is 43.1 Å². The molecule has 18 heavy (non-hydrogen) atoms. The molecular formula is C12H18Cl2N4. The molecule has 0 spiro atoms. The molecule has 100 valence electrons. The zero-order chi connectivity index (χ0) is 13.1. The molecule has 1 unspecified atom stereocenters. The maximum atomic E-state index is 6.16. The van der Waals surface area contributed by atoms with Gasteiger partial charge >= 0.3 is 0 Å². The monoisotopic (exact) mass is 288 g/mol. The van der Waals surface area contributed by atoms with E-state index in [1.165, 1.54) is 6.42 Å². The Hall–Kier alpha value is -0.710. The van der Waals surface area contributed by atoms with Gasteiger partial charge in [0.1, 0.15) is 11.6 Å². The third-order valence-corrected chi connectivity index (χ3v) is 3.71. The van der Waals surface area contributed by atoms with Crippen molar-refractivity contribution in [3.05, 3.63) is 16.1 Å². The molecule has 1 aliphatic heterocycles. The van der Waals surface area contributed by atoms with Crippen molar-refractivity contribution in [2.24, 2.45) is 0 Å². The Kier molecular flexibility index (Phi) is 4.54. The molecule has 0 radical (unpaired) electrons. The molecule has 0 amide bonds. The molecule has 1 fully saturated rings. The number of hydrogen-bond donors (Lipinski definition) is 2. The number of nitrogens with zero attached hydrogens (tertiary/aromatic N) is 2. The number of anilines is 2. The van der Waals surface area contributed by atoms with Gasteiger partial charge in [0.2, 0.25) is 0 Å². The molecule has 2 N–H and O–H groups in total. The van der Waals surface area contributed by atoms with Crippen molar-refractivity contribution in [2.45, 2.75) is 18.9 Å². The highest BCUT2D eigenvalue weighted by atomic mass is 35.5. The Balaban J connectivity index is 2.13. The normalized spacial score (nSPS) is 20.8. The molecule has 2 heterocycles. The van der Waals surface area contributed by atoms with E-state index in [0.717, 1.165) is 19.5 Å². The van der Waals surface area contributed by atoms with E-state index in [1.807, 2.05) is 0 Å². The Morgan fingerprint density at radius 3 is 2.72 bits per heavy atom. The number of pyridine rings is 1. The van der Waals surface area contributed by atoms with Gasteiger partial charge in [0, 0.05) is 19.6 Å². The second-order valence-electron chi connectivity index (χ2n) is 4.64. The molecule has 1 aromatic rings. The van der Waals surface area contributed by atoms with Gasteiger partial charge < -0.3 is 15.5 Å². The molecule has 1 aromatic heterocycles. The molecule has 6 heteroatoms. The highest BCUT2D eigenvalue weighted by molar-refractivity contribution is 6.37. The van der Waals surface area contributed by atoms with Gasteiger partial charge in [0.25, 0.3) is 0 Å². The van der Waals surface area contributed by atoms with Crippen molar-refractivity contribution in [1.82, 2.24) is 9.88 Å². The Labute approximate surface area is 118 Å². The molecule has 0 bridgehead atoms. The average Bonchev–Trinajstić information content (AvgIpc) is 2.33. The first-order valence-corrected chi connectivity index (χ1v) is 6.84. The summed E-state index contributed by atoms with van der Waals surface area (Å²) in [5, 5.41) is 7.45. The second-order valence-corrected chi connectivity index (χ2v) is 5.46.